The molecule has 5 heteroatoms. The van der Waals surface area contributed by atoms with Gasteiger partial charge in [0.05, 0.1) is 18.1 Å². The molecule has 0 aliphatic heterocycles. The first-order valence-electron chi connectivity index (χ1n) is 5.11. The van der Waals surface area contributed by atoms with Crippen LogP contribution < -0.4 is 0 Å². The second kappa shape index (κ2) is 3.48. The zero-order valence-electron chi connectivity index (χ0n) is 8.79. The molecule has 0 saturated carbocycles. The summed E-state index contributed by atoms with van der Waals surface area (Å²) in [4.78, 5) is 14.0. The molecule has 2 heterocycles. The summed E-state index contributed by atoms with van der Waals surface area (Å²) in [5, 5.41) is 13.0. The van der Waals surface area contributed by atoms with Crippen LogP contribution in [0.3, 0.4) is 0 Å². The molecule has 0 aliphatic carbocycles. The quantitative estimate of drug-likeness (QED) is 0.703. The van der Waals surface area contributed by atoms with Crippen LogP contribution in [0.2, 0.25) is 0 Å². The monoisotopic (exact) mass is 227 g/mol. The number of carboxylic acids is 1. The molecule has 0 unspecified atom stereocenters. The van der Waals surface area contributed by atoms with Gasteiger partial charge in [0.25, 0.3) is 0 Å². The van der Waals surface area contributed by atoms with Gasteiger partial charge < -0.3 is 10.1 Å². The van der Waals surface area contributed by atoms with Crippen LogP contribution in [-0.4, -0.2) is 25.7 Å². The molecule has 2 aromatic heterocycles. The van der Waals surface area contributed by atoms with Crippen LogP contribution in [0, 0.1) is 0 Å². The molecule has 1 aromatic carbocycles. The van der Waals surface area contributed by atoms with E-state index >= 15 is 0 Å². The maximum atomic E-state index is 10.9. The van der Waals surface area contributed by atoms with Crippen LogP contribution >= 0.6 is 0 Å². The van der Waals surface area contributed by atoms with Crippen molar-refractivity contribution in [3.05, 3.63) is 48.3 Å². The van der Waals surface area contributed by atoms with Crippen molar-refractivity contribution in [3.8, 4) is 11.3 Å². The van der Waals surface area contributed by atoms with Crippen LogP contribution in [0.15, 0.2) is 42.7 Å². The summed E-state index contributed by atoms with van der Waals surface area (Å²) < 4.78 is 1.53. The van der Waals surface area contributed by atoms with Crippen molar-refractivity contribution in [1.82, 2.24) is 14.6 Å². The van der Waals surface area contributed by atoms with Gasteiger partial charge in [0.2, 0.25) is 0 Å². The minimum absolute atomic E-state index is 0.173. The molecule has 0 amide bonds. The number of carbonyl (C=O) groups is 1. The average Bonchev–Trinajstić information content (AvgIpc) is 2.88. The highest BCUT2D eigenvalue weighted by molar-refractivity contribution is 5.94. The number of aromatic nitrogens is 3. The number of rotatable bonds is 2. The van der Waals surface area contributed by atoms with Gasteiger partial charge in [-0.15, -0.1) is 0 Å². The van der Waals surface area contributed by atoms with Crippen molar-refractivity contribution in [3.63, 3.8) is 0 Å². The Labute approximate surface area is 96.3 Å². The molecule has 0 radical (unpaired) electrons. The van der Waals surface area contributed by atoms with Gasteiger partial charge in [-0.05, 0) is 5.56 Å². The molecule has 0 saturated heterocycles. The predicted octanol–water partition coefficient (Wildman–Crippen LogP) is 2.03. The number of imidazole rings is 1. The number of aromatic amines is 1. The van der Waals surface area contributed by atoms with Crippen LogP contribution in [0.4, 0.5) is 0 Å². The third-order valence-electron chi connectivity index (χ3n) is 2.62. The number of H-pyrrole nitrogens is 1. The fourth-order valence-electron chi connectivity index (χ4n) is 1.79. The van der Waals surface area contributed by atoms with Crippen molar-refractivity contribution in [2.24, 2.45) is 0 Å². The summed E-state index contributed by atoms with van der Waals surface area (Å²) in [7, 11) is 0. The fourth-order valence-corrected chi connectivity index (χ4v) is 1.79. The Morgan fingerprint density at radius 3 is 2.76 bits per heavy atom. The summed E-state index contributed by atoms with van der Waals surface area (Å²) >= 11 is 0. The molecule has 0 aliphatic rings. The van der Waals surface area contributed by atoms with E-state index in [-0.39, 0.29) is 5.56 Å². The summed E-state index contributed by atoms with van der Waals surface area (Å²) in [5.74, 6) is -0.985. The van der Waals surface area contributed by atoms with E-state index in [0.717, 1.165) is 11.3 Å². The SMILES string of the molecule is O=C(O)c1cnn2cc(-c3ccccc3)[nH]c12. The summed E-state index contributed by atoms with van der Waals surface area (Å²) in [6.07, 6.45) is 3.11. The highest BCUT2D eigenvalue weighted by atomic mass is 16.4. The molecule has 17 heavy (non-hydrogen) atoms. The van der Waals surface area contributed by atoms with Gasteiger partial charge in [-0.1, -0.05) is 30.3 Å². The van der Waals surface area contributed by atoms with E-state index in [1.807, 2.05) is 30.3 Å². The van der Waals surface area contributed by atoms with Crippen LogP contribution in [0.1, 0.15) is 10.4 Å². The highest BCUT2D eigenvalue weighted by Gasteiger charge is 2.13. The lowest BCUT2D eigenvalue weighted by atomic mass is 10.2. The predicted molar refractivity (Wildman–Crippen MR) is 61.9 cm³/mol. The number of aromatic carboxylic acids is 1. The molecule has 0 bridgehead atoms. The Balaban J connectivity index is 2.18. The summed E-state index contributed by atoms with van der Waals surface area (Å²) in [5.41, 5.74) is 2.51. The third-order valence-corrected chi connectivity index (χ3v) is 2.62. The van der Waals surface area contributed by atoms with Gasteiger partial charge >= 0.3 is 5.97 Å². The lowest BCUT2D eigenvalue weighted by Crippen LogP contribution is -1.94. The standard InChI is InChI=1S/C12H9N3O2/c16-12(17)9-6-13-15-7-10(14-11(9)15)8-4-2-1-3-5-8/h1-7,14H,(H,16,17). The van der Waals surface area contributed by atoms with Crippen molar-refractivity contribution in [2.45, 2.75) is 0 Å². The Hall–Kier alpha value is -2.56. The minimum atomic E-state index is -0.985. The number of hydrogen-bond acceptors (Lipinski definition) is 2. The number of hydrogen-bond donors (Lipinski definition) is 2. The highest BCUT2D eigenvalue weighted by Crippen LogP contribution is 2.20. The van der Waals surface area contributed by atoms with Gasteiger partial charge in [-0.3, -0.25) is 0 Å². The van der Waals surface area contributed by atoms with Crippen molar-refractivity contribution in [2.75, 3.05) is 0 Å². The van der Waals surface area contributed by atoms with E-state index in [2.05, 4.69) is 10.1 Å². The van der Waals surface area contributed by atoms with E-state index in [1.165, 1.54) is 10.7 Å². The lowest BCUT2D eigenvalue weighted by Gasteiger charge is -1.94. The van der Waals surface area contributed by atoms with Crippen LogP contribution in [-0.2, 0) is 0 Å². The molecule has 0 spiro atoms. The number of nitrogens with zero attached hydrogens (tertiary/aromatic N) is 2. The van der Waals surface area contributed by atoms with E-state index in [4.69, 9.17) is 5.11 Å². The first-order valence-corrected chi connectivity index (χ1v) is 5.11. The maximum Gasteiger partial charge on any atom is 0.341 e. The van der Waals surface area contributed by atoms with E-state index < -0.39 is 5.97 Å². The van der Waals surface area contributed by atoms with Crippen molar-refractivity contribution >= 4 is 11.6 Å². The smallest absolute Gasteiger partial charge is 0.341 e. The van der Waals surface area contributed by atoms with E-state index in [9.17, 15) is 4.79 Å². The topological polar surface area (TPSA) is 70.4 Å². The first kappa shape index (κ1) is 9.65. The molecule has 0 fully saturated rings. The Kier molecular flexibility index (Phi) is 1.98. The second-order valence-corrected chi connectivity index (χ2v) is 3.69. The Morgan fingerprint density at radius 1 is 1.29 bits per heavy atom. The van der Waals surface area contributed by atoms with E-state index in [0.29, 0.717) is 5.65 Å². The number of nitrogens with one attached hydrogen (secondary N) is 1. The van der Waals surface area contributed by atoms with E-state index in [1.54, 1.807) is 6.20 Å². The molecule has 84 valence electrons. The minimum Gasteiger partial charge on any atom is -0.477 e. The van der Waals surface area contributed by atoms with Crippen LogP contribution in [0.5, 0.6) is 0 Å². The Bertz CT molecular complexity index is 682. The molecule has 2 N–H and O–H groups in total. The molecular formula is C12H9N3O2. The fraction of sp³-hybridized carbons (Fsp3) is 0. The van der Waals surface area contributed by atoms with Crippen LogP contribution in [0.25, 0.3) is 16.9 Å². The summed E-state index contributed by atoms with van der Waals surface area (Å²) in [6, 6.07) is 9.69. The number of benzene rings is 1. The van der Waals surface area contributed by atoms with Gasteiger partial charge in [0.15, 0.2) is 0 Å². The number of carboxylic acid groups (broad SMARTS) is 1. The molecule has 5 nitrogen and oxygen atoms in total. The van der Waals surface area contributed by atoms with Gasteiger partial charge in [-0.25, -0.2) is 9.31 Å². The zero-order valence-corrected chi connectivity index (χ0v) is 8.79. The normalized spacial score (nSPS) is 10.8. The number of fused-ring (bicyclic) bond motifs is 1. The zero-order chi connectivity index (χ0) is 11.8. The maximum absolute atomic E-state index is 10.9. The largest absolute Gasteiger partial charge is 0.477 e. The second-order valence-electron chi connectivity index (χ2n) is 3.69. The van der Waals surface area contributed by atoms with Gasteiger partial charge in [-0.2, -0.15) is 5.10 Å². The third kappa shape index (κ3) is 1.48. The van der Waals surface area contributed by atoms with Gasteiger partial charge in [0.1, 0.15) is 11.2 Å². The van der Waals surface area contributed by atoms with Crippen molar-refractivity contribution < 1.29 is 9.90 Å². The molecule has 0 atom stereocenters. The molecule has 3 rings (SSSR count). The van der Waals surface area contributed by atoms with Crippen molar-refractivity contribution in [1.29, 1.82) is 0 Å². The Morgan fingerprint density at radius 2 is 2.06 bits per heavy atom. The summed E-state index contributed by atoms with van der Waals surface area (Å²) in [6.45, 7) is 0. The molecule has 3 aromatic rings. The van der Waals surface area contributed by atoms with Gasteiger partial charge in [0, 0.05) is 0 Å². The first-order chi connectivity index (χ1) is 8.25. The lowest BCUT2D eigenvalue weighted by molar-refractivity contribution is 0.0699. The molecular weight excluding hydrogens is 218 g/mol. The average molecular weight is 227 g/mol.